The van der Waals surface area contributed by atoms with E-state index < -0.39 is 6.02 Å². The lowest BCUT2D eigenvalue weighted by molar-refractivity contribution is -0.721. The van der Waals surface area contributed by atoms with E-state index in [1.165, 1.54) is 54.1 Å². The van der Waals surface area contributed by atoms with E-state index in [1.54, 1.807) is 0 Å². The minimum Gasteiger partial charge on any atom is -0.221 e. The molecule has 2 heterocycles. The number of hydrogen-bond donors (Lipinski definition) is 0. The number of para-hydroxylation sites is 1. The maximum absolute atomic E-state index is 9.19. The fourth-order valence-corrected chi connectivity index (χ4v) is 4.26. The van der Waals surface area contributed by atoms with Gasteiger partial charge in [0.1, 0.15) is 11.7 Å². The summed E-state index contributed by atoms with van der Waals surface area (Å²) >= 11 is 0. The van der Waals surface area contributed by atoms with Gasteiger partial charge in [-0.25, -0.2) is 4.57 Å². The van der Waals surface area contributed by atoms with Crippen molar-refractivity contribution in [3.8, 4) is 5.69 Å². The highest BCUT2D eigenvalue weighted by Gasteiger charge is 2.38. The molecule has 2 nitrogen and oxygen atoms in total. The first-order valence-corrected chi connectivity index (χ1v) is 8.43. The minimum absolute atomic E-state index is 0.441. The Morgan fingerprint density at radius 2 is 1.86 bits per heavy atom. The zero-order chi connectivity index (χ0) is 16.2. The van der Waals surface area contributed by atoms with Crippen LogP contribution in [0.4, 0.5) is 0 Å². The Labute approximate surface area is 134 Å². The molecule has 1 aliphatic carbocycles. The monoisotopic (exact) mass is 294 g/mol. The summed E-state index contributed by atoms with van der Waals surface area (Å²) in [6.45, 7) is 6.49. The third kappa shape index (κ3) is 1.89. The van der Waals surface area contributed by atoms with E-state index in [1.807, 2.05) is 0 Å². The van der Waals surface area contributed by atoms with Gasteiger partial charge in [-0.1, -0.05) is 31.0 Å². The minimum atomic E-state index is -0.603. The van der Waals surface area contributed by atoms with E-state index in [4.69, 9.17) is 0 Å². The number of hydrogen-bond acceptors (Lipinski definition) is 0. The van der Waals surface area contributed by atoms with Gasteiger partial charge in [-0.3, -0.25) is 0 Å². The van der Waals surface area contributed by atoms with Crippen LogP contribution in [0.15, 0.2) is 30.3 Å². The molecular formula is C20H25N2+. The summed E-state index contributed by atoms with van der Waals surface area (Å²) in [6.07, 6.45) is 9.18. The molecule has 0 spiro atoms. The molecule has 4 rings (SSSR count). The first kappa shape index (κ1) is 12.7. The van der Waals surface area contributed by atoms with E-state index in [0.29, 0.717) is 5.92 Å². The molecule has 1 aromatic heterocycles. The van der Waals surface area contributed by atoms with Crippen LogP contribution in [0.5, 0.6) is 0 Å². The van der Waals surface area contributed by atoms with Gasteiger partial charge in [0.15, 0.2) is 11.4 Å². The van der Waals surface area contributed by atoms with E-state index in [0.717, 1.165) is 0 Å². The zero-order valence-electron chi connectivity index (χ0n) is 14.8. The Balaban J connectivity index is 1.91. The molecule has 2 heteroatoms. The molecule has 2 aliphatic rings. The number of fused-ring (bicyclic) bond motifs is 1. The quantitative estimate of drug-likeness (QED) is 0.724. The van der Waals surface area contributed by atoms with Crippen LogP contribution in [0.25, 0.3) is 11.8 Å². The van der Waals surface area contributed by atoms with Crippen LogP contribution in [-0.4, -0.2) is 4.57 Å². The van der Waals surface area contributed by atoms with Gasteiger partial charge in [0.05, 0.1) is 1.37 Å². The summed E-state index contributed by atoms with van der Waals surface area (Å²) in [5.41, 5.74) is 4.94. The second-order valence-electron chi connectivity index (χ2n) is 6.71. The number of rotatable bonds is 2. The van der Waals surface area contributed by atoms with Crippen molar-refractivity contribution in [1.29, 1.82) is 0 Å². The van der Waals surface area contributed by atoms with Gasteiger partial charge in [0.25, 0.3) is 5.82 Å². The van der Waals surface area contributed by atoms with Gasteiger partial charge in [-0.2, -0.15) is 4.57 Å². The van der Waals surface area contributed by atoms with Crippen molar-refractivity contribution in [2.45, 2.75) is 52.5 Å². The fourth-order valence-electron chi connectivity index (χ4n) is 4.26. The summed E-state index contributed by atoms with van der Waals surface area (Å²) in [7, 11) is 0. The predicted octanol–water partition coefficient (Wildman–Crippen LogP) is 4.45. The third-order valence-electron chi connectivity index (χ3n) is 5.39. The predicted molar refractivity (Wildman–Crippen MR) is 90.2 cm³/mol. The van der Waals surface area contributed by atoms with Gasteiger partial charge in [0, 0.05) is 19.8 Å². The van der Waals surface area contributed by atoms with Crippen molar-refractivity contribution >= 4 is 6.08 Å². The summed E-state index contributed by atoms with van der Waals surface area (Å²) in [5.74, 6) is 1.61. The molecule has 0 amide bonds. The Morgan fingerprint density at radius 1 is 1.14 bits per heavy atom. The summed E-state index contributed by atoms with van der Waals surface area (Å²) in [6, 6.07) is 7.91. The van der Waals surface area contributed by atoms with Gasteiger partial charge in [-0.15, -0.1) is 0 Å². The molecule has 1 atom stereocenters. The SMILES string of the molecule is [2H]C1(C2CCCC2)C=Cc2c(C)n(-c3ccccc3C)c(C)[n+]21. The van der Waals surface area contributed by atoms with E-state index in [-0.39, 0.29) is 0 Å². The molecule has 1 unspecified atom stereocenters. The van der Waals surface area contributed by atoms with Crippen LogP contribution in [0.3, 0.4) is 0 Å². The molecule has 2 aromatic rings. The smallest absolute Gasteiger partial charge is 0.221 e. The maximum atomic E-state index is 9.19. The molecule has 114 valence electrons. The number of benzene rings is 1. The lowest BCUT2D eigenvalue weighted by Crippen LogP contribution is -2.43. The molecule has 1 aliphatic heterocycles. The van der Waals surface area contributed by atoms with E-state index in [2.05, 4.69) is 66.3 Å². The normalized spacial score (nSPS) is 24.8. The number of nitrogens with zero attached hydrogens (tertiary/aromatic N) is 2. The molecule has 1 fully saturated rings. The number of imidazole rings is 1. The van der Waals surface area contributed by atoms with Crippen LogP contribution in [0.2, 0.25) is 0 Å². The largest absolute Gasteiger partial charge is 0.259 e. The zero-order valence-corrected chi connectivity index (χ0v) is 13.8. The Kier molecular flexibility index (Phi) is 2.95. The average Bonchev–Trinajstić information content (AvgIpc) is 3.22. The lowest BCUT2D eigenvalue weighted by atomic mass is 9.99. The number of aryl methyl sites for hydroxylation is 1. The molecule has 1 saturated carbocycles. The second kappa shape index (κ2) is 5.12. The summed E-state index contributed by atoms with van der Waals surface area (Å²) in [4.78, 5) is 0. The van der Waals surface area contributed by atoms with Crippen LogP contribution in [0.1, 0.15) is 55.8 Å². The molecule has 22 heavy (non-hydrogen) atoms. The van der Waals surface area contributed by atoms with Crippen molar-refractivity contribution in [3.63, 3.8) is 0 Å². The molecule has 1 aromatic carbocycles. The van der Waals surface area contributed by atoms with Gasteiger partial charge < -0.3 is 0 Å². The van der Waals surface area contributed by atoms with Crippen LogP contribution in [0, 0.1) is 26.7 Å². The van der Waals surface area contributed by atoms with Gasteiger partial charge >= 0.3 is 0 Å². The van der Waals surface area contributed by atoms with Gasteiger partial charge in [-0.05, 0) is 43.5 Å². The Hall–Kier alpha value is -1.83. The van der Waals surface area contributed by atoms with Crippen molar-refractivity contribution in [3.05, 3.63) is 53.1 Å². The molecule has 0 radical (unpaired) electrons. The topological polar surface area (TPSA) is 8.81 Å². The van der Waals surface area contributed by atoms with E-state index in [9.17, 15) is 1.37 Å². The molecule has 0 bridgehead atoms. The Morgan fingerprint density at radius 3 is 2.59 bits per heavy atom. The second-order valence-corrected chi connectivity index (χ2v) is 6.71. The maximum Gasteiger partial charge on any atom is 0.259 e. The molecular weight excluding hydrogens is 268 g/mol. The average molecular weight is 294 g/mol. The first-order valence-electron chi connectivity index (χ1n) is 8.93. The van der Waals surface area contributed by atoms with Gasteiger partial charge in [0.2, 0.25) is 0 Å². The highest BCUT2D eigenvalue weighted by molar-refractivity contribution is 5.52. The number of aromatic nitrogens is 2. The Bertz CT molecular complexity index is 796. The summed E-state index contributed by atoms with van der Waals surface area (Å²) in [5, 5.41) is 0. The van der Waals surface area contributed by atoms with Crippen molar-refractivity contribution in [2.75, 3.05) is 0 Å². The van der Waals surface area contributed by atoms with Crippen molar-refractivity contribution in [2.24, 2.45) is 5.92 Å². The first-order chi connectivity index (χ1) is 11.0. The van der Waals surface area contributed by atoms with Crippen LogP contribution >= 0.6 is 0 Å². The molecule has 0 saturated heterocycles. The van der Waals surface area contributed by atoms with Crippen molar-refractivity contribution in [1.82, 2.24) is 4.57 Å². The highest BCUT2D eigenvalue weighted by Crippen LogP contribution is 2.36. The third-order valence-corrected chi connectivity index (χ3v) is 5.39. The number of allylic oxidation sites excluding steroid dienone is 1. The fraction of sp³-hybridized carbons (Fsp3) is 0.450. The standard InChI is InChI=1S/C20H25N2/c1-14-8-4-7-11-18(14)21-15(2)19-12-13-20(22(19)16(21)3)17-9-5-6-10-17/h4,7-8,11-13,17,20H,5-6,9-10H2,1-3H3/q+1/i20D. The van der Waals surface area contributed by atoms with Crippen molar-refractivity contribution < 1.29 is 5.94 Å². The van der Waals surface area contributed by atoms with Crippen LogP contribution < -0.4 is 4.57 Å². The molecule has 0 N–H and O–H groups in total. The van der Waals surface area contributed by atoms with Crippen LogP contribution in [-0.2, 0) is 0 Å². The lowest BCUT2D eigenvalue weighted by Gasteiger charge is -2.16. The summed E-state index contributed by atoms with van der Waals surface area (Å²) < 4.78 is 13.8. The highest BCUT2D eigenvalue weighted by atomic mass is 15.2. The van der Waals surface area contributed by atoms with E-state index >= 15 is 0 Å².